The van der Waals surface area contributed by atoms with Crippen molar-refractivity contribution in [2.45, 2.75) is 13.3 Å². The molecule has 0 aliphatic carbocycles. The van der Waals surface area contributed by atoms with E-state index in [9.17, 15) is 10.1 Å². The second-order valence-electron chi connectivity index (χ2n) is 4.38. The van der Waals surface area contributed by atoms with Gasteiger partial charge in [-0.1, -0.05) is 18.2 Å². The molecule has 0 unspecified atom stereocenters. The smallest absolute Gasteiger partial charge is 0.272 e. The highest BCUT2D eigenvalue weighted by Crippen LogP contribution is 2.19. The molecule has 1 N–H and O–H groups in total. The van der Waals surface area contributed by atoms with Gasteiger partial charge in [-0.3, -0.25) is 10.1 Å². The zero-order valence-corrected chi connectivity index (χ0v) is 12.6. The van der Waals surface area contributed by atoms with Crippen LogP contribution in [-0.2, 0) is 6.42 Å². The number of hydrogen-bond donors (Lipinski definition) is 1. The van der Waals surface area contributed by atoms with Gasteiger partial charge in [0, 0.05) is 28.8 Å². The number of nitro groups is 1. The summed E-state index contributed by atoms with van der Waals surface area (Å²) in [5.74, 6) is 0.768. The average molecular weight is 336 g/mol. The van der Waals surface area contributed by atoms with Crippen LogP contribution in [0.5, 0.6) is 0 Å². The van der Waals surface area contributed by atoms with Crippen LogP contribution in [0, 0.1) is 17.0 Å². The van der Waals surface area contributed by atoms with Gasteiger partial charge >= 0.3 is 0 Å². The summed E-state index contributed by atoms with van der Waals surface area (Å²) in [5, 5.41) is 14.1. The standard InChI is InChI=1S/C14H14BrN3O2/c1-10-8-14(17-9-12(10)15)16-7-6-11-4-2-3-5-13(11)18(19)20/h2-5,8-9H,6-7H2,1H3,(H,16,17). The van der Waals surface area contributed by atoms with E-state index in [1.807, 2.05) is 19.1 Å². The fourth-order valence-electron chi connectivity index (χ4n) is 1.86. The number of pyridine rings is 1. The molecule has 0 aliphatic rings. The summed E-state index contributed by atoms with van der Waals surface area (Å²) in [6, 6.07) is 8.72. The van der Waals surface area contributed by atoms with Crippen LogP contribution in [0.15, 0.2) is 41.0 Å². The number of benzene rings is 1. The van der Waals surface area contributed by atoms with Crippen LogP contribution >= 0.6 is 15.9 Å². The minimum absolute atomic E-state index is 0.161. The second kappa shape index (κ2) is 6.47. The van der Waals surface area contributed by atoms with Crippen molar-refractivity contribution in [1.29, 1.82) is 0 Å². The Kier molecular flexibility index (Phi) is 4.68. The first-order valence-corrected chi connectivity index (χ1v) is 6.95. The first-order chi connectivity index (χ1) is 9.58. The van der Waals surface area contributed by atoms with Gasteiger partial charge in [-0.2, -0.15) is 0 Å². The molecule has 104 valence electrons. The van der Waals surface area contributed by atoms with E-state index in [4.69, 9.17) is 0 Å². The van der Waals surface area contributed by atoms with Crippen molar-refractivity contribution in [1.82, 2.24) is 4.98 Å². The van der Waals surface area contributed by atoms with Gasteiger partial charge < -0.3 is 5.32 Å². The minimum Gasteiger partial charge on any atom is -0.370 e. The summed E-state index contributed by atoms with van der Waals surface area (Å²) < 4.78 is 0.960. The minimum atomic E-state index is -0.350. The van der Waals surface area contributed by atoms with E-state index in [2.05, 4.69) is 26.2 Å². The quantitative estimate of drug-likeness (QED) is 0.667. The summed E-state index contributed by atoms with van der Waals surface area (Å²) in [7, 11) is 0. The summed E-state index contributed by atoms with van der Waals surface area (Å²) in [4.78, 5) is 14.8. The largest absolute Gasteiger partial charge is 0.370 e. The molecule has 0 amide bonds. The molecule has 6 heteroatoms. The lowest BCUT2D eigenvalue weighted by atomic mass is 10.1. The van der Waals surface area contributed by atoms with Gasteiger partial charge in [0.05, 0.1) is 4.92 Å². The van der Waals surface area contributed by atoms with Crippen LogP contribution in [0.1, 0.15) is 11.1 Å². The van der Waals surface area contributed by atoms with Crippen molar-refractivity contribution in [2.24, 2.45) is 0 Å². The van der Waals surface area contributed by atoms with E-state index in [0.717, 1.165) is 21.4 Å². The highest BCUT2D eigenvalue weighted by molar-refractivity contribution is 9.10. The van der Waals surface area contributed by atoms with Crippen molar-refractivity contribution >= 4 is 27.4 Å². The highest BCUT2D eigenvalue weighted by atomic mass is 79.9. The van der Waals surface area contributed by atoms with Crippen molar-refractivity contribution < 1.29 is 4.92 Å². The molecule has 0 atom stereocenters. The number of hydrogen-bond acceptors (Lipinski definition) is 4. The van der Waals surface area contributed by atoms with Crippen LogP contribution in [-0.4, -0.2) is 16.5 Å². The molecule has 0 fully saturated rings. The average Bonchev–Trinajstić information content (AvgIpc) is 2.43. The molecular formula is C14H14BrN3O2. The van der Waals surface area contributed by atoms with E-state index in [0.29, 0.717) is 13.0 Å². The molecular weight excluding hydrogens is 322 g/mol. The molecule has 1 aromatic heterocycles. The first-order valence-electron chi connectivity index (χ1n) is 6.16. The topological polar surface area (TPSA) is 68.1 Å². The third-order valence-corrected chi connectivity index (χ3v) is 3.77. The fraction of sp³-hybridized carbons (Fsp3) is 0.214. The number of rotatable bonds is 5. The Hall–Kier alpha value is -1.95. The summed E-state index contributed by atoms with van der Waals surface area (Å²) >= 11 is 3.39. The summed E-state index contributed by atoms with van der Waals surface area (Å²) in [6.45, 7) is 2.58. The second-order valence-corrected chi connectivity index (χ2v) is 5.24. The van der Waals surface area contributed by atoms with Crippen LogP contribution in [0.4, 0.5) is 11.5 Å². The van der Waals surface area contributed by atoms with Gasteiger partial charge in [0.15, 0.2) is 0 Å². The van der Waals surface area contributed by atoms with Crippen LogP contribution in [0.2, 0.25) is 0 Å². The number of nitrogens with one attached hydrogen (secondary N) is 1. The maximum Gasteiger partial charge on any atom is 0.272 e. The third kappa shape index (κ3) is 3.54. The molecule has 1 aromatic carbocycles. The van der Waals surface area contributed by atoms with E-state index in [1.165, 1.54) is 6.07 Å². The van der Waals surface area contributed by atoms with Gasteiger partial charge in [0.2, 0.25) is 0 Å². The Balaban J connectivity index is 1.99. The number of aryl methyl sites for hydroxylation is 1. The zero-order valence-electron chi connectivity index (χ0n) is 11.0. The molecule has 1 heterocycles. The number of nitrogens with zero attached hydrogens (tertiary/aromatic N) is 2. The van der Waals surface area contributed by atoms with Gasteiger partial charge in [-0.15, -0.1) is 0 Å². The predicted molar refractivity (Wildman–Crippen MR) is 82.0 cm³/mol. The lowest BCUT2D eigenvalue weighted by Crippen LogP contribution is -2.07. The van der Waals surface area contributed by atoms with Crippen molar-refractivity contribution in [3.8, 4) is 0 Å². The van der Waals surface area contributed by atoms with Crippen LogP contribution in [0.3, 0.4) is 0 Å². The predicted octanol–water partition coefficient (Wildman–Crippen LogP) is 3.72. The number of para-hydroxylation sites is 1. The molecule has 0 aliphatic heterocycles. The maximum absolute atomic E-state index is 10.9. The highest BCUT2D eigenvalue weighted by Gasteiger charge is 2.11. The van der Waals surface area contributed by atoms with Crippen molar-refractivity contribution in [3.05, 3.63) is 62.2 Å². The molecule has 2 aromatic rings. The number of aromatic nitrogens is 1. The Morgan fingerprint density at radius 3 is 2.85 bits per heavy atom. The van der Waals surface area contributed by atoms with E-state index >= 15 is 0 Å². The van der Waals surface area contributed by atoms with Gasteiger partial charge in [-0.05, 0) is 40.9 Å². The summed E-state index contributed by atoms with van der Waals surface area (Å²) in [5.41, 5.74) is 1.97. The van der Waals surface area contributed by atoms with E-state index in [-0.39, 0.29) is 10.6 Å². The lowest BCUT2D eigenvalue weighted by Gasteiger charge is -2.07. The number of halogens is 1. The maximum atomic E-state index is 10.9. The first kappa shape index (κ1) is 14.5. The molecule has 0 saturated heterocycles. The Bertz CT molecular complexity index is 632. The van der Waals surface area contributed by atoms with E-state index < -0.39 is 0 Å². The molecule has 20 heavy (non-hydrogen) atoms. The van der Waals surface area contributed by atoms with Crippen LogP contribution < -0.4 is 5.32 Å². The molecule has 0 spiro atoms. The van der Waals surface area contributed by atoms with Gasteiger partial charge in [0.1, 0.15) is 5.82 Å². The normalized spacial score (nSPS) is 10.3. The van der Waals surface area contributed by atoms with Gasteiger partial charge in [0.25, 0.3) is 5.69 Å². The number of anilines is 1. The molecule has 0 bridgehead atoms. The Morgan fingerprint density at radius 1 is 1.40 bits per heavy atom. The zero-order chi connectivity index (χ0) is 14.5. The van der Waals surface area contributed by atoms with Gasteiger partial charge in [-0.25, -0.2) is 4.98 Å². The molecule has 0 radical (unpaired) electrons. The SMILES string of the molecule is Cc1cc(NCCc2ccccc2[N+](=O)[O-])ncc1Br. The molecule has 5 nitrogen and oxygen atoms in total. The van der Waals surface area contributed by atoms with Crippen molar-refractivity contribution in [2.75, 3.05) is 11.9 Å². The van der Waals surface area contributed by atoms with Crippen molar-refractivity contribution in [3.63, 3.8) is 0 Å². The monoisotopic (exact) mass is 335 g/mol. The fourth-order valence-corrected chi connectivity index (χ4v) is 2.08. The Labute approximate surface area is 125 Å². The number of nitro benzene ring substituents is 1. The lowest BCUT2D eigenvalue weighted by molar-refractivity contribution is -0.385. The third-order valence-electron chi connectivity index (χ3n) is 2.94. The molecule has 2 rings (SSSR count). The molecule has 0 saturated carbocycles. The van der Waals surface area contributed by atoms with E-state index in [1.54, 1.807) is 18.3 Å². The summed E-state index contributed by atoms with van der Waals surface area (Å²) in [6.07, 6.45) is 2.32. The van der Waals surface area contributed by atoms with Crippen LogP contribution in [0.25, 0.3) is 0 Å². The Morgan fingerprint density at radius 2 is 2.15 bits per heavy atom.